The first kappa shape index (κ1) is 18.8. The highest BCUT2D eigenvalue weighted by atomic mass is 32.2. The number of hydrogen-bond acceptors (Lipinski definition) is 4. The predicted molar refractivity (Wildman–Crippen MR) is 97.3 cm³/mol. The number of methoxy groups -OCH3 is 1. The molecule has 3 aromatic rings. The summed E-state index contributed by atoms with van der Waals surface area (Å²) in [5, 5.41) is 9.74. The fourth-order valence-electron chi connectivity index (χ4n) is 2.76. The van der Waals surface area contributed by atoms with Crippen molar-refractivity contribution in [3.05, 3.63) is 77.9 Å². The van der Waals surface area contributed by atoms with Gasteiger partial charge in [0, 0.05) is 11.6 Å². The molecule has 3 aromatic carbocycles. The monoisotopic (exact) mass is 390 g/mol. The van der Waals surface area contributed by atoms with Gasteiger partial charge in [-0.15, -0.1) is 0 Å². The molecular weight excluding hydrogens is 374 g/mol. The van der Waals surface area contributed by atoms with Crippen molar-refractivity contribution in [3.8, 4) is 22.6 Å². The van der Waals surface area contributed by atoms with Crippen LogP contribution in [-0.2, 0) is 15.6 Å². The Morgan fingerprint density at radius 2 is 1.67 bits per heavy atom. The minimum absolute atomic E-state index is 0.308. The summed E-state index contributed by atoms with van der Waals surface area (Å²) >= 11 is 0. The molecule has 0 radical (unpaired) electrons. The highest BCUT2D eigenvalue weighted by molar-refractivity contribution is 7.90. The Morgan fingerprint density at radius 1 is 0.963 bits per heavy atom. The number of ether oxygens (including phenoxy) is 1. The average Bonchev–Trinajstić information content (AvgIpc) is 2.65. The molecule has 0 unspecified atom stereocenters. The van der Waals surface area contributed by atoms with Crippen LogP contribution in [0.15, 0.2) is 65.6 Å². The lowest BCUT2D eigenvalue weighted by atomic mass is 10.0. The Bertz CT molecular complexity index is 1080. The SMILES string of the molecule is COc1ccc(-c2ccccc2)cc1CS(=O)(=O)c1cc(F)cc(F)c1O. The second kappa shape index (κ2) is 7.36. The molecule has 0 aliphatic carbocycles. The molecule has 3 rings (SSSR count). The van der Waals surface area contributed by atoms with E-state index in [0.29, 0.717) is 23.4 Å². The normalized spacial score (nSPS) is 11.4. The second-order valence-corrected chi connectivity index (χ2v) is 7.84. The van der Waals surface area contributed by atoms with Gasteiger partial charge in [-0.05, 0) is 29.3 Å². The number of phenols is 1. The highest BCUT2D eigenvalue weighted by Crippen LogP contribution is 2.33. The largest absolute Gasteiger partial charge is 0.504 e. The van der Waals surface area contributed by atoms with E-state index in [-0.39, 0.29) is 0 Å². The van der Waals surface area contributed by atoms with Crippen molar-refractivity contribution in [2.45, 2.75) is 10.6 Å². The number of phenolic OH excluding ortho intramolecular Hbond substituents is 1. The first-order chi connectivity index (χ1) is 12.8. The van der Waals surface area contributed by atoms with Crippen LogP contribution in [-0.4, -0.2) is 20.6 Å². The molecule has 0 bridgehead atoms. The summed E-state index contributed by atoms with van der Waals surface area (Å²) in [4.78, 5) is -0.799. The molecule has 27 heavy (non-hydrogen) atoms. The molecule has 0 fully saturated rings. The molecule has 0 aromatic heterocycles. The molecule has 0 aliphatic heterocycles. The van der Waals surface area contributed by atoms with E-state index in [9.17, 15) is 22.3 Å². The van der Waals surface area contributed by atoms with Crippen LogP contribution in [0, 0.1) is 11.6 Å². The van der Waals surface area contributed by atoms with Crippen molar-refractivity contribution in [1.82, 2.24) is 0 Å². The predicted octanol–water partition coefficient (Wildman–Crippen LogP) is 4.32. The Kier molecular flexibility index (Phi) is 5.14. The molecule has 0 heterocycles. The maximum absolute atomic E-state index is 13.6. The molecule has 0 aliphatic rings. The fraction of sp³-hybridized carbons (Fsp3) is 0.100. The van der Waals surface area contributed by atoms with Gasteiger partial charge in [0.15, 0.2) is 21.4 Å². The minimum Gasteiger partial charge on any atom is -0.504 e. The number of rotatable bonds is 5. The van der Waals surface area contributed by atoms with Crippen molar-refractivity contribution >= 4 is 9.84 Å². The lowest BCUT2D eigenvalue weighted by Gasteiger charge is -2.13. The molecular formula is C20H16F2O4S. The Hall–Kier alpha value is -2.93. The summed E-state index contributed by atoms with van der Waals surface area (Å²) in [6.07, 6.45) is 0. The molecule has 0 saturated carbocycles. The van der Waals surface area contributed by atoms with Gasteiger partial charge in [-0.3, -0.25) is 0 Å². The van der Waals surface area contributed by atoms with Crippen LogP contribution in [0.4, 0.5) is 8.78 Å². The van der Waals surface area contributed by atoms with Gasteiger partial charge in [-0.1, -0.05) is 36.4 Å². The van der Waals surface area contributed by atoms with E-state index in [1.54, 1.807) is 18.2 Å². The molecule has 0 amide bonds. The fourth-order valence-corrected chi connectivity index (χ4v) is 4.24. The van der Waals surface area contributed by atoms with Gasteiger partial charge in [0.25, 0.3) is 0 Å². The van der Waals surface area contributed by atoms with Crippen LogP contribution in [0.2, 0.25) is 0 Å². The van der Waals surface area contributed by atoms with Gasteiger partial charge in [0.1, 0.15) is 16.5 Å². The third-order valence-corrected chi connectivity index (χ3v) is 5.73. The third kappa shape index (κ3) is 3.93. The molecule has 0 spiro atoms. The van der Waals surface area contributed by atoms with Crippen molar-refractivity contribution in [2.75, 3.05) is 7.11 Å². The van der Waals surface area contributed by atoms with Crippen LogP contribution >= 0.6 is 0 Å². The van der Waals surface area contributed by atoms with Crippen LogP contribution < -0.4 is 4.74 Å². The van der Waals surface area contributed by atoms with Crippen molar-refractivity contribution in [1.29, 1.82) is 0 Å². The number of halogens is 2. The van der Waals surface area contributed by atoms with Crippen LogP contribution in [0.5, 0.6) is 11.5 Å². The molecule has 1 N–H and O–H groups in total. The summed E-state index contributed by atoms with van der Waals surface area (Å²) in [6, 6.07) is 15.4. The first-order valence-electron chi connectivity index (χ1n) is 7.95. The molecule has 4 nitrogen and oxygen atoms in total. The summed E-state index contributed by atoms with van der Waals surface area (Å²) in [5.41, 5.74) is 1.94. The number of hydrogen-bond donors (Lipinski definition) is 1. The Balaban J connectivity index is 2.06. The highest BCUT2D eigenvalue weighted by Gasteiger charge is 2.25. The molecule has 7 heteroatoms. The van der Waals surface area contributed by atoms with Gasteiger partial charge in [-0.2, -0.15) is 0 Å². The average molecular weight is 390 g/mol. The van der Waals surface area contributed by atoms with Gasteiger partial charge in [-0.25, -0.2) is 17.2 Å². The zero-order valence-electron chi connectivity index (χ0n) is 14.3. The first-order valence-corrected chi connectivity index (χ1v) is 9.60. The van der Waals surface area contributed by atoms with E-state index in [0.717, 1.165) is 11.1 Å². The van der Waals surface area contributed by atoms with Crippen LogP contribution in [0.3, 0.4) is 0 Å². The van der Waals surface area contributed by atoms with Crippen molar-refractivity contribution < 1.29 is 27.0 Å². The minimum atomic E-state index is -4.23. The number of benzene rings is 3. The summed E-state index contributed by atoms with van der Waals surface area (Å²) < 4.78 is 57.6. The van der Waals surface area contributed by atoms with E-state index in [2.05, 4.69) is 0 Å². The van der Waals surface area contributed by atoms with E-state index in [1.807, 2.05) is 30.3 Å². The smallest absolute Gasteiger partial charge is 0.186 e. The maximum atomic E-state index is 13.6. The Labute approximate surface area is 155 Å². The molecule has 0 saturated heterocycles. The third-order valence-electron chi connectivity index (χ3n) is 4.06. The topological polar surface area (TPSA) is 63.6 Å². The van der Waals surface area contributed by atoms with Crippen LogP contribution in [0.25, 0.3) is 11.1 Å². The number of aromatic hydroxyl groups is 1. The van der Waals surface area contributed by atoms with E-state index in [4.69, 9.17) is 4.74 Å². The zero-order valence-corrected chi connectivity index (χ0v) is 15.1. The second-order valence-electron chi connectivity index (χ2n) is 5.89. The summed E-state index contributed by atoms with van der Waals surface area (Å²) in [5.74, 6) is -3.80. The number of sulfone groups is 1. The van der Waals surface area contributed by atoms with Gasteiger partial charge >= 0.3 is 0 Å². The molecule has 140 valence electrons. The zero-order chi connectivity index (χ0) is 19.6. The van der Waals surface area contributed by atoms with Gasteiger partial charge < -0.3 is 9.84 Å². The lowest BCUT2D eigenvalue weighted by molar-refractivity contribution is 0.409. The van der Waals surface area contributed by atoms with E-state index >= 15 is 0 Å². The molecule has 0 atom stereocenters. The van der Waals surface area contributed by atoms with Gasteiger partial charge in [0.05, 0.1) is 12.9 Å². The van der Waals surface area contributed by atoms with Crippen molar-refractivity contribution in [2.24, 2.45) is 0 Å². The quantitative estimate of drug-likeness (QED) is 0.705. The van der Waals surface area contributed by atoms with Crippen molar-refractivity contribution in [3.63, 3.8) is 0 Å². The lowest BCUT2D eigenvalue weighted by Crippen LogP contribution is -2.08. The summed E-state index contributed by atoms with van der Waals surface area (Å²) in [6.45, 7) is 0. The van der Waals surface area contributed by atoms with E-state index < -0.39 is 37.9 Å². The Morgan fingerprint density at radius 3 is 2.33 bits per heavy atom. The van der Waals surface area contributed by atoms with E-state index in [1.165, 1.54) is 7.11 Å². The standard InChI is InChI=1S/C20H16F2O4S/c1-26-18-8-7-14(13-5-3-2-4-6-13)9-15(18)12-27(24,25)19-11-16(21)10-17(22)20(19)23/h2-11,23H,12H2,1H3. The van der Waals surface area contributed by atoms with Gasteiger partial charge in [0.2, 0.25) is 0 Å². The summed E-state index contributed by atoms with van der Waals surface area (Å²) in [7, 11) is -2.83. The van der Waals surface area contributed by atoms with Crippen LogP contribution in [0.1, 0.15) is 5.56 Å². The maximum Gasteiger partial charge on any atom is 0.186 e.